The summed E-state index contributed by atoms with van der Waals surface area (Å²) in [7, 11) is 1.89. The molecule has 0 bridgehead atoms. The van der Waals surface area contributed by atoms with Crippen molar-refractivity contribution in [3.8, 4) is 11.4 Å². The van der Waals surface area contributed by atoms with Gasteiger partial charge in [-0.1, -0.05) is 24.3 Å². The van der Waals surface area contributed by atoms with Crippen molar-refractivity contribution >= 4 is 22.5 Å². The Bertz CT molecular complexity index is 1050. The first-order valence-corrected chi connectivity index (χ1v) is 7.82. The zero-order valence-electron chi connectivity index (χ0n) is 13.5. The van der Waals surface area contributed by atoms with Gasteiger partial charge in [-0.15, -0.1) is 10.2 Å². The van der Waals surface area contributed by atoms with E-state index in [0.717, 1.165) is 22.3 Å². The van der Waals surface area contributed by atoms with Gasteiger partial charge >= 0.3 is 0 Å². The van der Waals surface area contributed by atoms with Crippen LogP contribution in [0.3, 0.4) is 0 Å². The minimum Gasteiger partial charge on any atom is -0.321 e. The van der Waals surface area contributed by atoms with Crippen molar-refractivity contribution in [2.75, 3.05) is 5.32 Å². The summed E-state index contributed by atoms with van der Waals surface area (Å²) in [6.07, 6.45) is 1.65. The average molecular weight is 329 g/mol. The van der Waals surface area contributed by atoms with E-state index >= 15 is 0 Å². The number of aryl methyl sites for hydroxylation is 1. The molecule has 1 N–H and O–H groups in total. The van der Waals surface area contributed by atoms with Crippen LogP contribution in [0, 0.1) is 0 Å². The van der Waals surface area contributed by atoms with E-state index in [9.17, 15) is 4.79 Å². The lowest BCUT2D eigenvalue weighted by Gasteiger charge is -2.07. The zero-order chi connectivity index (χ0) is 17.2. The molecule has 0 unspecified atom stereocenters. The minimum absolute atomic E-state index is 0.239. The Morgan fingerprint density at radius 3 is 2.56 bits per heavy atom. The van der Waals surface area contributed by atoms with Crippen LogP contribution >= 0.6 is 0 Å². The highest BCUT2D eigenvalue weighted by atomic mass is 16.1. The van der Waals surface area contributed by atoms with E-state index in [2.05, 4.69) is 20.5 Å². The lowest BCUT2D eigenvalue weighted by atomic mass is 10.2. The Hall–Kier alpha value is -3.54. The fourth-order valence-corrected chi connectivity index (χ4v) is 2.63. The number of para-hydroxylation sites is 1. The molecule has 6 nitrogen and oxygen atoms in total. The van der Waals surface area contributed by atoms with Gasteiger partial charge in [-0.3, -0.25) is 4.79 Å². The number of carbonyl (C=O) groups is 1. The van der Waals surface area contributed by atoms with Gasteiger partial charge in [-0.25, -0.2) is 4.98 Å². The molecule has 25 heavy (non-hydrogen) atoms. The molecule has 2 heterocycles. The number of nitrogens with one attached hydrogen (secondary N) is 1. The number of amides is 1. The average Bonchev–Trinajstić information content (AvgIpc) is 3.08. The summed E-state index contributed by atoms with van der Waals surface area (Å²) in [5.41, 5.74) is 2.82. The van der Waals surface area contributed by atoms with E-state index in [-0.39, 0.29) is 5.91 Å². The first-order chi connectivity index (χ1) is 12.2. The smallest absolute Gasteiger partial charge is 0.274 e. The summed E-state index contributed by atoms with van der Waals surface area (Å²) < 4.78 is 1.84. The molecule has 2 aromatic heterocycles. The third-order valence-corrected chi connectivity index (χ3v) is 3.94. The third kappa shape index (κ3) is 2.97. The van der Waals surface area contributed by atoms with Gasteiger partial charge in [-0.2, -0.15) is 0 Å². The van der Waals surface area contributed by atoms with E-state index in [0.29, 0.717) is 11.4 Å². The molecule has 0 aliphatic carbocycles. The molecule has 0 radical (unpaired) electrons. The highest BCUT2D eigenvalue weighted by Gasteiger charge is 2.09. The number of benzene rings is 2. The lowest BCUT2D eigenvalue weighted by Crippen LogP contribution is -2.13. The van der Waals surface area contributed by atoms with Crippen LogP contribution in [-0.4, -0.2) is 25.7 Å². The third-order valence-electron chi connectivity index (χ3n) is 3.94. The first kappa shape index (κ1) is 15.0. The molecular formula is C19H15N5O. The molecule has 0 atom stereocenters. The van der Waals surface area contributed by atoms with Crippen LogP contribution in [-0.2, 0) is 7.05 Å². The predicted molar refractivity (Wildman–Crippen MR) is 96.1 cm³/mol. The number of hydrogen-bond acceptors (Lipinski definition) is 4. The molecule has 0 aliphatic rings. The van der Waals surface area contributed by atoms with E-state index in [1.165, 1.54) is 0 Å². The fraction of sp³-hybridized carbons (Fsp3) is 0.0526. The lowest BCUT2D eigenvalue weighted by molar-refractivity contribution is 0.102. The van der Waals surface area contributed by atoms with Crippen LogP contribution in [0.4, 0.5) is 5.69 Å². The number of fused-ring (bicyclic) bond motifs is 1. The van der Waals surface area contributed by atoms with E-state index in [1.807, 2.05) is 66.2 Å². The predicted octanol–water partition coefficient (Wildman–Crippen LogP) is 3.28. The monoisotopic (exact) mass is 329 g/mol. The van der Waals surface area contributed by atoms with Crippen LogP contribution in [0.5, 0.6) is 0 Å². The first-order valence-electron chi connectivity index (χ1n) is 7.82. The molecule has 1 amide bonds. The van der Waals surface area contributed by atoms with E-state index < -0.39 is 0 Å². The van der Waals surface area contributed by atoms with Gasteiger partial charge in [0.2, 0.25) is 0 Å². The fourth-order valence-electron chi connectivity index (χ4n) is 2.63. The highest BCUT2D eigenvalue weighted by Crippen LogP contribution is 2.19. The Morgan fingerprint density at radius 2 is 1.80 bits per heavy atom. The maximum Gasteiger partial charge on any atom is 0.274 e. The van der Waals surface area contributed by atoms with Crippen LogP contribution in [0.1, 0.15) is 10.5 Å². The molecule has 0 saturated carbocycles. The van der Waals surface area contributed by atoms with Gasteiger partial charge in [0.25, 0.3) is 5.91 Å². The molecule has 0 saturated heterocycles. The van der Waals surface area contributed by atoms with E-state index in [4.69, 9.17) is 0 Å². The second-order valence-corrected chi connectivity index (χ2v) is 5.69. The highest BCUT2D eigenvalue weighted by molar-refractivity contribution is 6.04. The molecule has 6 heteroatoms. The van der Waals surface area contributed by atoms with Crippen molar-refractivity contribution in [3.05, 3.63) is 72.7 Å². The van der Waals surface area contributed by atoms with Crippen LogP contribution in [0.15, 0.2) is 67.0 Å². The van der Waals surface area contributed by atoms with Crippen molar-refractivity contribution in [3.63, 3.8) is 0 Å². The van der Waals surface area contributed by atoms with Crippen LogP contribution in [0.2, 0.25) is 0 Å². The zero-order valence-corrected chi connectivity index (χ0v) is 13.5. The molecule has 2 aromatic carbocycles. The van der Waals surface area contributed by atoms with Crippen LogP contribution in [0.25, 0.3) is 22.3 Å². The number of anilines is 1. The van der Waals surface area contributed by atoms with Gasteiger partial charge in [-0.05, 0) is 36.4 Å². The minimum atomic E-state index is -0.239. The molecule has 122 valence electrons. The largest absolute Gasteiger partial charge is 0.321 e. The SMILES string of the molecule is Cn1cnnc1-c1ccc(NC(=O)c2ccc3ccccc3n2)cc1. The van der Waals surface area contributed by atoms with E-state index in [1.54, 1.807) is 12.4 Å². The standard InChI is InChI=1S/C19H15N5O/c1-24-12-20-23-18(24)14-6-9-15(10-7-14)21-19(25)17-11-8-13-4-2-3-5-16(13)22-17/h2-12H,1H3,(H,21,25). The topological polar surface area (TPSA) is 72.7 Å². The Labute approximate surface area is 144 Å². The summed E-state index contributed by atoms with van der Waals surface area (Å²) in [5, 5.41) is 11.8. The van der Waals surface area contributed by atoms with Crippen LogP contribution < -0.4 is 5.32 Å². The summed E-state index contributed by atoms with van der Waals surface area (Å²) in [4.78, 5) is 16.8. The number of aromatic nitrogens is 4. The Morgan fingerprint density at radius 1 is 1.00 bits per heavy atom. The van der Waals surface area contributed by atoms with Gasteiger partial charge in [0, 0.05) is 23.7 Å². The molecule has 4 aromatic rings. The second-order valence-electron chi connectivity index (χ2n) is 5.69. The maximum atomic E-state index is 12.4. The summed E-state index contributed by atoms with van der Waals surface area (Å²) >= 11 is 0. The van der Waals surface area contributed by atoms with Gasteiger partial charge < -0.3 is 9.88 Å². The second kappa shape index (κ2) is 6.16. The number of hydrogen-bond donors (Lipinski definition) is 1. The van der Waals surface area contributed by atoms with Crippen molar-refractivity contribution in [1.82, 2.24) is 19.7 Å². The van der Waals surface area contributed by atoms with Crippen molar-refractivity contribution in [2.24, 2.45) is 7.05 Å². The summed E-state index contributed by atoms with van der Waals surface area (Å²) in [6, 6.07) is 18.8. The van der Waals surface area contributed by atoms with Crippen molar-refractivity contribution in [2.45, 2.75) is 0 Å². The molecule has 0 aliphatic heterocycles. The van der Waals surface area contributed by atoms with Crippen molar-refractivity contribution < 1.29 is 4.79 Å². The molecule has 4 rings (SSSR count). The summed E-state index contributed by atoms with van der Waals surface area (Å²) in [5.74, 6) is 0.534. The number of rotatable bonds is 3. The molecular weight excluding hydrogens is 314 g/mol. The molecule has 0 fully saturated rings. The van der Waals surface area contributed by atoms with Crippen molar-refractivity contribution in [1.29, 1.82) is 0 Å². The maximum absolute atomic E-state index is 12.4. The number of nitrogens with zero attached hydrogens (tertiary/aromatic N) is 4. The normalized spacial score (nSPS) is 10.8. The molecule has 0 spiro atoms. The number of pyridine rings is 1. The Kier molecular flexibility index (Phi) is 3.70. The van der Waals surface area contributed by atoms with Gasteiger partial charge in [0.05, 0.1) is 5.52 Å². The van der Waals surface area contributed by atoms with Gasteiger partial charge in [0.15, 0.2) is 5.82 Å². The van der Waals surface area contributed by atoms with Gasteiger partial charge in [0.1, 0.15) is 12.0 Å². The number of carbonyl (C=O) groups excluding carboxylic acids is 1. The quantitative estimate of drug-likeness (QED) is 0.626. The summed E-state index contributed by atoms with van der Waals surface area (Å²) in [6.45, 7) is 0. The Balaban J connectivity index is 1.54.